The predicted octanol–water partition coefficient (Wildman–Crippen LogP) is 5.18. The summed E-state index contributed by atoms with van der Waals surface area (Å²) < 4.78 is 98.2. The van der Waals surface area contributed by atoms with Gasteiger partial charge in [0.2, 0.25) is 10.0 Å². The Balaban J connectivity index is 1.88. The van der Waals surface area contributed by atoms with Crippen molar-refractivity contribution in [1.29, 1.82) is 5.26 Å². The number of alkyl halides is 5. The molecule has 0 fully saturated rings. The molecule has 0 spiro atoms. The van der Waals surface area contributed by atoms with Gasteiger partial charge in [0.05, 0.1) is 22.5 Å². The minimum absolute atomic E-state index is 0.0775. The molecule has 3 aromatic heterocycles. The highest BCUT2D eigenvalue weighted by atomic mass is 32.2. The lowest BCUT2D eigenvalue weighted by molar-refractivity contribution is -0.180. The zero-order valence-electron chi connectivity index (χ0n) is 19.7. The smallest absolute Gasteiger partial charge is 0.407 e. The molecule has 38 heavy (non-hydrogen) atoms. The summed E-state index contributed by atoms with van der Waals surface area (Å²) in [5.41, 5.74) is -2.16. The van der Waals surface area contributed by atoms with Crippen molar-refractivity contribution in [2.24, 2.45) is 0 Å². The first-order valence-electron chi connectivity index (χ1n) is 10.8. The topological polar surface area (TPSA) is 110 Å². The van der Waals surface area contributed by atoms with Crippen molar-refractivity contribution in [2.45, 2.75) is 37.1 Å². The van der Waals surface area contributed by atoms with Crippen molar-refractivity contribution in [3.05, 3.63) is 66.5 Å². The SMILES string of the molecule is CC(C)(NS(=O)(=O)c1ccc(-c2c(C#N)c3ccc(OC(F)F)cc3n2-c2ccccn2)nc1)C(F)(F)F. The van der Waals surface area contributed by atoms with Crippen LogP contribution in [0.4, 0.5) is 22.0 Å². The summed E-state index contributed by atoms with van der Waals surface area (Å²) in [4.78, 5) is 7.85. The number of fused-ring (bicyclic) bond motifs is 1. The molecule has 0 aliphatic carbocycles. The van der Waals surface area contributed by atoms with Crippen molar-refractivity contribution < 1.29 is 35.1 Å². The van der Waals surface area contributed by atoms with E-state index in [1.807, 2.05) is 6.07 Å². The van der Waals surface area contributed by atoms with Gasteiger partial charge in [-0.05, 0) is 50.2 Å². The molecule has 0 saturated heterocycles. The summed E-state index contributed by atoms with van der Waals surface area (Å²) in [6.45, 7) is -1.72. The van der Waals surface area contributed by atoms with Crippen molar-refractivity contribution in [1.82, 2.24) is 19.3 Å². The van der Waals surface area contributed by atoms with E-state index in [9.17, 15) is 35.6 Å². The molecule has 0 aliphatic rings. The summed E-state index contributed by atoms with van der Waals surface area (Å²) in [5.74, 6) is 0.112. The maximum absolute atomic E-state index is 13.2. The Morgan fingerprint density at radius 3 is 2.37 bits per heavy atom. The molecule has 0 unspecified atom stereocenters. The van der Waals surface area contributed by atoms with E-state index in [-0.39, 0.29) is 34.0 Å². The third-order valence-electron chi connectivity index (χ3n) is 5.54. The van der Waals surface area contributed by atoms with Crippen LogP contribution in [0.3, 0.4) is 0 Å². The molecule has 0 atom stereocenters. The van der Waals surface area contributed by atoms with Gasteiger partial charge in [-0.3, -0.25) is 9.55 Å². The molecule has 3 heterocycles. The molecule has 0 aliphatic heterocycles. The van der Waals surface area contributed by atoms with Crippen molar-refractivity contribution >= 4 is 20.9 Å². The zero-order valence-corrected chi connectivity index (χ0v) is 20.5. The summed E-state index contributed by atoms with van der Waals surface area (Å²) in [6, 6.07) is 13.2. The monoisotopic (exact) mass is 551 g/mol. The van der Waals surface area contributed by atoms with E-state index in [4.69, 9.17) is 0 Å². The van der Waals surface area contributed by atoms with E-state index in [1.54, 1.807) is 22.9 Å². The standard InChI is InChI=1S/C24H18F5N5O3S/c1-23(2,24(27,28)29)33-38(35,36)15-7-9-18(32-13-15)21-17(12-30)16-8-6-14(37-22(25)26)11-19(16)34(21)20-5-3-4-10-31-20/h3-11,13,22,33H,1-2H3. The largest absolute Gasteiger partial charge is 0.435 e. The van der Waals surface area contributed by atoms with E-state index in [0.29, 0.717) is 19.2 Å². The fourth-order valence-corrected chi connectivity index (χ4v) is 5.00. The number of nitrogens with zero attached hydrogens (tertiary/aromatic N) is 4. The molecule has 1 aromatic carbocycles. The van der Waals surface area contributed by atoms with E-state index >= 15 is 0 Å². The number of nitrogens with one attached hydrogen (secondary N) is 1. The van der Waals surface area contributed by atoms with Crippen LogP contribution in [0.15, 0.2) is 65.8 Å². The Kier molecular flexibility index (Phi) is 6.85. The van der Waals surface area contributed by atoms with Crippen molar-refractivity contribution in [2.75, 3.05) is 0 Å². The second-order valence-electron chi connectivity index (χ2n) is 8.52. The molecule has 198 valence electrons. The minimum Gasteiger partial charge on any atom is -0.435 e. The van der Waals surface area contributed by atoms with Crippen LogP contribution >= 0.6 is 0 Å². The summed E-state index contributed by atoms with van der Waals surface area (Å²) in [7, 11) is -4.62. The number of aromatic nitrogens is 3. The highest BCUT2D eigenvalue weighted by Gasteiger charge is 2.49. The Morgan fingerprint density at radius 1 is 1.08 bits per heavy atom. The third-order valence-corrected chi connectivity index (χ3v) is 7.18. The van der Waals surface area contributed by atoms with Crippen LogP contribution < -0.4 is 9.46 Å². The molecule has 4 aromatic rings. The quantitative estimate of drug-likeness (QED) is 0.317. The number of rotatable bonds is 7. The van der Waals surface area contributed by atoms with Gasteiger partial charge in [0.15, 0.2) is 0 Å². The van der Waals surface area contributed by atoms with Crippen molar-refractivity contribution in [3.63, 3.8) is 0 Å². The Hall–Kier alpha value is -4.09. The van der Waals surface area contributed by atoms with E-state index in [0.717, 1.165) is 12.3 Å². The number of ether oxygens (including phenoxy) is 1. The fourth-order valence-electron chi connectivity index (χ4n) is 3.66. The lowest BCUT2D eigenvalue weighted by atomic mass is 10.1. The first-order valence-corrected chi connectivity index (χ1v) is 12.3. The van der Waals surface area contributed by atoms with Crippen LogP contribution in [0.2, 0.25) is 0 Å². The lowest BCUT2D eigenvalue weighted by Crippen LogP contribution is -2.54. The minimum atomic E-state index is -4.86. The maximum atomic E-state index is 13.2. The molecule has 0 radical (unpaired) electrons. The van der Waals surface area contributed by atoms with Gasteiger partial charge >= 0.3 is 12.8 Å². The number of nitriles is 1. The van der Waals surface area contributed by atoms with Crippen LogP contribution in [0.1, 0.15) is 19.4 Å². The molecule has 1 N–H and O–H groups in total. The number of benzene rings is 1. The van der Waals surface area contributed by atoms with Gasteiger partial charge in [-0.15, -0.1) is 0 Å². The van der Waals surface area contributed by atoms with Crippen LogP contribution in [0, 0.1) is 11.3 Å². The summed E-state index contributed by atoms with van der Waals surface area (Å²) in [5, 5.41) is 10.3. The maximum Gasteiger partial charge on any atom is 0.407 e. The number of pyridine rings is 2. The second-order valence-corrected chi connectivity index (χ2v) is 10.2. The molecule has 0 bridgehead atoms. The van der Waals surface area contributed by atoms with Crippen LogP contribution in [0.25, 0.3) is 28.1 Å². The van der Waals surface area contributed by atoms with Gasteiger partial charge in [0.1, 0.15) is 28.1 Å². The van der Waals surface area contributed by atoms with E-state index in [2.05, 4.69) is 14.7 Å². The van der Waals surface area contributed by atoms with Crippen LogP contribution in [-0.2, 0) is 10.0 Å². The number of sulfonamides is 1. The van der Waals surface area contributed by atoms with Crippen molar-refractivity contribution in [3.8, 4) is 29.0 Å². The van der Waals surface area contributed by atoms with Gasteiger partial charge in [-0.25, -0.2) is 13.4 Å². The number of hydrogen-bond donors (Lipinski definition) is 1. The second kappa shape index (κ2) is 9.66. The predicted molar refractivity (Wildman–Crippen MR) is 126 cm³/mol. The molecular formula is C24H18F5N5O3S. The Labute approximate surface area is 213 Å². The first kappa shape index (κ1) is 27.0. The average molecular weight is 551 g/mol. The van der Waals surface area contributed by atoms with E-state index in [1.165, 1.54) is 35.0 Å². The number of hydrogen-bond acceptors (Lipinski definition) is 6. The summed E-state index contributed by atoms with van der Waals surface area (Å²) in [6.07, 6.45) is -2.53. The fraction of sp³-hybridized carbons (Fsp3) is 0.208. The highest BCUT2D eigenvalue weighted by Crippen LogP contribution is 2.37. The van der Waals surface area contributed by atoms with Gasteiger partial charge in [-0.2, -0.15) is 31.9 Å². The third kappa shape index (κ3) is 5.02. The molecular weight excluding hydrogens is 533 g/mol. The highest BCUT2D eigenvalue weighted by molar-refractivity contribution is 7.89. The van der Waals surface area contributed by atoms with Crippen LogP contribution in [-0.4, -0.2) is 41.3 Å². The molecule has 0 amide bonds. The first-order chi connectivity index (χ1) is 17.7. The van der Waals surface area contributed by atoms with Crippen LogP contribution in [0.5, 0.6) is 5.75 Å². The van der Waals surface area contributed by atoms with Gasteiger partial charge in [0, 0.05) is 23.8 Å². The van der Waals surface area contributed by atoms with Gasteiger partial charge in [0.25, 0.3) is 0 Å². The normalized spacial score (nSPS) is 12.6. The van der Waals surface area contributed by atoms with Gasteiger partial charge < -0.3 is 4.74 Å². The molecule has 14 heteroatoms. The Bertz CT molecular complexity index is 1630. The lowest BCUT2D eigenvalue weighted by Gasteiger charge is -2.28. The summed E-state index contributed by atoms with van der Waals surface area (Å²) >= 11 is 0. The molecule has 4 rings (SSSR count). The molecule has 0 saturated carbocycles. The molecule has 8 nitrogen and oxygen atoms in total. The number of halogens is 5. The Morgan fingerprint density at radius 2 is 1.82 bits per heavy atom. The average Bonchev–Trinajstić information content (AvgIpc) is 3.16. The van der Waals surface area contributed by atoms with Gasteiger partial charge in [-0.1, -0.05) is 6.07 Å². The van der Waals surface area contributed by atoms with E-state index < -0.39 is 33.2 Å². The zero-order chi connectivity index (χ0) is 27.9.